The van der Waals surface area contributed by atoms with Crippen LogP contribution in [0.3, 0.4) is 0 Å². The third-order valence-corrected chi connectivity index (χ3v) is 2.18. The Kier molecular flexibility index (Phi) is 4.28. The van der Waals surface area contributed by atoms with Crippen molar-refractivity contribution in [1.82, 2.24) is 4.57 Å². The Hall–Kier alpha value is -1.58. The number of hydrogen-bond acceptors (Lipinski definition) is 3. The zero-order valence-corrected chi connectivity index (χ0v) is 9.90. The van der Waals surface area contributed by atoms with Gasteiger partial charge in [0.2, 0.25) is 0 Å². The highest BCUT2D eigenvalue weighted by atomic mass is 16.5. The molecule has 0 spiro atoms. The van der Waals surface area contributed by atoms with Gasteiger partial charge in [0.15, 0.2) is 5.78 Å². The van der Waals surface area contributed by atoms with Crippen LogP contribution in [0.2, 0.25) is 0 Å². The fourth-order valence-electron chi connectivity index (χ4n) is 1.37. The van der Waals surface area contributed by atoms with E-state index in [2.05, 4.69) is 0 Å². The maximum atomic E-state index is 11.6. The van der Waals surface area contributed by atoms with E-state index in [0.717, 1.165) is 0 Å². The molecule has 0 aliphatic rings. The van der Waals surface area contributed by atoms with Gasteiger partial charge in [0.1, 0.15) is 6.54 Å². The minimum atomic E-state index is -0.290. The van der Waals surface area contributed by atoms with Gasteiger partial charge in [0.25, 0.3) is 0 Å². The van der Waals surface area contributed by atoms with E-state index in [1.807, 2.05) is 13.8 Å². The number of carbonyl (C=O) groups excluding carboxylic acids is 2. The number of Topliss-reactive ketones (excluding diaryl/α,β-unsaturated/α-hetero) is 1. The molecule has 4 nitrogen and oxygen atoms in total. The van der Waals surface area contributed by atoms with Gasteiger partial charge in [-0.15, -0.1) is 0 Å². The van der Waals surface area contributed by atoms with Crippen molar-refractivity contribution >= 4 is 11.8 Å². The van der Waals surface area contributed by atoms with Crippen LogP contribution in [0.4, 0.5) is 0 Å². The molecule has 1 heterocycles. The molecular formula is C12H17NO3. The quantitative estimate of drug-likeness (QED) is 0.565. The van der Waals surface area contributed by atoms with Gasteiger partial charge in [-0.05, 0) is 13.0 Å². The summed E-state index contributed by atoms with van der Waals surface area (Å²) in [5, 5.41) is 0. The fraction of sp³-hybridized carbons (Fsp3) is 0.500. The third kappa shape index (κ3) is 3.22. The van der Waals surface area contributed by atoms with Crippen molar-refractivity contribution in [3.63, 3.8) is 0 Å². The molecule has 0 atom stereocenters. The van der Waals surface area contributed by atoms with Crippen LogP contribution in [-0.2, 0) is 16.1 Å². The smallest absolute Gasteiger partial charge is 0.325 e. The van der Waals surface area contributed by atoms with E-state index >= 15 is 0 Å². The third-order valence-electron chi connectivity index (χ3n) is 2.18. The van der Waals surface area contributed by atoms with E-state index < -0.39 is 0 Å². The lowest BCUT2D eigenvalue weighted by Gasteiger charge is -2.03. The Balaban J connectivity index is 2.65. The Morgan fingerprint density at radius 3 is 2.69 bits per heavy atom. The average Bonchev–Trinajstić information content (AvgIpc) is 2.65. The Bertz CT molecular complexity index is 379. The molecule has 0 saturated carbocycles. The van der Waals surface area contributed by atoms with Gasteiger partial charge in [-0.3, -0.25) is 9.59 Å². The van der Waals surface area contributed by atoms with Crippen molar-refractivity contribution < 1.29 is 14.3 Å². The lowest BCUT2D eigenvalue weighted by atomic mass is 10.0. The average molecular weight is 223 g/mol. The first-order valence-electron chi connectivity index (χ1n) is 5.40. The second-order valence-electron chi connectivity index (χ2n) is 3.90. The van der Waals surface area contributed by atoms with Crippen molar-refractivity contribution in [2.24, 2.45) is 5.92 Å². The summed E-state index contributed by atoms with van der Waals surface area (Å²) in [4.78, 5) is 22.8. The van der Waals surface area contributed by atoms with Crippen LogP contribution in [0, 0.1) is 5.92 Å². The topological polar surface area (TPSA) is 48.3 Å². The molecule has 0 fully saturated rings. The molecule has 1 aromatic rings. The Morgan fingerprint density at radius 2 is 2.12 bits per heavy atom. The van der Waals surface area contributed by atoms with Crippen LogP contribution in [-0.4, -0.2) is 22.9 Å². The molecule has 0 bridgehead atoms. The zero-order valence-electron chi connectivity index (χ0n) is 9.90. The van der Waals surface area contributed by atoms with Crippen LogP contribution in [0.1, 0.15) is 31.1 Å². The summed E-state index contributed by atoms with van der Waals surface area (Å²) in [6.07, 6.45) is 3.39. The van der Waals surface area contributed by atoms with Crippen molar-refractivity contribution in [2.45, 2.75) is 27.3 Å². The molecule has 0 aromatic carbocycles. The second-order valence-corrected chi connectivity index (χ2v) is 3.90. The van der Waals surface area contributed by atoms with Crippen LogP contribution < -0.4 is 0 Å². The van der Waals surface area contributed by atoms with Gasteiger partial charge in [0.05, 0.1) is 6.61 Å². The van der Waals surface area contributed by atoms with E-state index in [-0.39, 0.29) is 24.2 Å². The van der Waals surface area contributed by atoms with Gasteiger partial charge >= 0.3 is 5.97 Å². The molecule has 0 saturated heterocycles. The van der Waals surface area contributed by atoms with Gasteiger partial charge in [-0.2, -0.15) is 0 Å². The number of ketones is 1. The highest BCUT2D eigenvalue weighted by Crippen LogP contribution is 2.09. The Morgan fingerprint density at radius 1 is 1.44 bits per heavy atom. The first kappa shape index (κ1) is 12.5. The minimum absolute atomic E-state index is 0.0292. The molecule has 0 amide bonds. The molecule has 0 unspecified atom stereocenters. The molecule has 4 heteroatoms. The molecule has 16 heavy (non-hydrogen) atoms. The molecule has 0 aliphatic heterocycles. The predicted molar refractivity (Wildman–Crippen MR) is 60.2 cm³/mol. The van der Waals surface area contributed by atoms with E-state index in [9.17, 15) is 9.59 Å². The lowest BCUT2D eigenvalue weighted by molar-refractivity contribution is -0.143. The van der Waals surface area contributed by atoms with E-state index in [1.54, 1.807) is 30.0 Å². The maximum Gasteiger partial charge on any atom is 0.325 e. The molecule has 0 radical (unpaired) electrons. The monoisotopic (exact) mass is 223 g/mol. The number of ether oxygens (including phenoxy) is 1. The summed E-state index contributed by atoms with van der Waals surface area (Å²) in [5.74, 6) is -0.234. The maximum absolute atomic E-state index is 11.6. The first-order chi connectivity index (χ1) is 7.54. The predicted octanol–water partition coefficient (Wildman–Crippen LogP) is 1.89. The summed E-state index contributed by atoms with van der Waals surface area (Å²) in [5.41, 5.74) is 0.638. The van der Waals surface area contributed by atoms with Crippen LogP contribution in [0.15, 0.2) is 18.5 Å². The van der Waals surface area contributed by atoms with Crippen molar-refractivity contribution in [3.8, 4) is 0 Å². The van der Waals surface area contributed by atoms with Gasteiger partial charge < -0.3 is 9.30 Å². The number of rotatable bonds is 5. The van der Waals surface area contributed by atoms with Gasteiger partial charge in [-0.25, -0.2) is 0 Å². The summed E-state index contributed by atoms with van der Waals surface area (Å²) in [6.45, 7) is 5.99. The number of carbonyl (C=O) groups is 2. The number of nitrogens with zero attached hydrogens (tertiary/aromatic N) is 1. The van der Waals surface area contributed by atoms with Gasteiger partial charge in [-0.1, -0.05) is 13.8 Å². The van der Waals surface area contributed by atoms with Crippen molar-refractivity contribution in [1.29, 1.82) is 0 Å². The molecule has 0 aliphatic carbocycles. The minimum Gasteiger partial charge on any atom is -0.465 e. The lowest BCUT2D eigenvalue weighted by Crippen LogP contribution is -2.12. The molecule has 0 N–H and O–H groups in total. The number of aromatic nitrogens is 1. The highest BCUT2D eigenvalue weighted by Gasteiger charge is 2.12. The first-order valence-corrected chi connectivity index (χ1v) is 5.40. The van der Waals surface area contributed by atoms with Crippen LogP contribution in [0.25, 0.3) is 0 Å². The highest BCUT2D eigenvalue weighted by molar-refractivity contribution is 5.97. The number of esters is 1. The molecular weight excluding hydrogens is 206 g/mol. The van der Waals surface area contributed by atoms with Crippen LogP contribution >= 0.6 is 0 Å². The van der Waals surface area contributed by atoms with Crippen molar-refractivity contribution in [2.75, 3.05) is 6.61 Å². The standard InChI is InChI=1S/C12H17NO3/c1-4-16-11(14)8-13-6-5-10(7-13)12(15)9(2)3/h5-7,9H,4,8H2,1-3H3. The summed E-state index contributed by atoms with van der Waals surface area (Å²) >= 11 is 0. The Labute approximate surface area is 95.2 Å². The normalized spacial score (nSPS) is 10.5. The molecule has 1 rings (SSSR count). The van der Waals surface area contributed by atoms with Crippen molar-refractivity contribution in [3.05, 3.63) is 24.0 Å². The van der Waals surface area contributed by atoms with E-state index in [0.29, 0.717) is 12.2 Å². The largest absolute Gasteiger partial charge is 0.465 e. The zero-order chi connectivity index (χ0) is 12.1. The van der Waals surface area contributed by atoms with Gasteiger partial charge in [0, 0.05) is 23.9 Å². The SMILES string of the molecule is CCOC(=O)Cn1ccc(C(=O)C(C)C)c1. The van der Waals surface area contributed by atoms with E-state index in [1.165, 1.54) is 0 Å². The molecule has 88 valence electrons. The second kappa shape index (κ2) is 5.49. The summed E-state index contributed by atoms with van der Waals surface area (Å²) in [6, 6.07) is 1.72. The summed E-state index contributed by atoms with van der Waals surface area (Å²) in [7, 11) is 0. The van der Waals surface area contributed by atoms with Crippen LogP contribution in [0.5, 0.6) is 0 Å². The molecule has 1 aromatic heterocycles. The van der Waals surface area contributed by atoms with E-state index in [4.69, 9.17) is 4.74 Å². The number of hydrogen-bond donors (Lipinski definition) is 0. The summed E-state index contributed by atoms with van der Waals surface area (Å²) < 4.78 is 6.48. The fourth-order valence-corrected chi connectivity index (χ4v) is 1.37.